The van der Waals surface area contributed by atoms with Gasteiger partial charge in [0.2, 0.25) is 0 Å². The standard InChI is InChI=1S/C19H19ClN4O2/c1-12-2-7-16-15(10-12)18(23-26-16)19(25)21-17-8-9-24(22-17)11-13-3-5-14(20)6-4-13/h3-6,8-9,12H,2,7,10-11H2,1H3,(H,21,22,25). The number of carbonyl (C=O) groups is 1. The summed E-state index contributed by atoms with van der Waals surface area (Å²) in [5, 5.41) is 11.9. The topological polar surface area (TPSA) is 73.0 Å². The van der Waals surface area contributed by atoms with Crippen LogP contribution in [0.25, 0.3) is 0 Å². The lowest BCUT2D eigenvalue weighted by Gasteiger charge is -2.16. The fourth-order valence-electron chi connectivity index (χ4n) is 3.23. The Morgan fingerprint density at radius 2 is 2.15 bits per heavy atom. The summed E-state index contributed by atoms with van der Waals surface area (Å²) >= 11 is 5.90. The lowest BCUT2D eigenvalue weighted by atomic mass is 9.88. The Bertz CT molecular complexity index is 929. The molecule has 0 saturated heterocycles. The van der Waals surface area contributed by atoms with E-state index >= 15 is 0 Å². The van der Waals surface area contributed by atoms with E-state index in [2.05, 4.69) is 22.5 Å². The summed E-state index contributed by atoms with van der Waals surface area (Å²) in [6.45, 7) is 2.78. The summed E-state index contributed by atoms with van der Waals surface area (Å²) in [6.07, 6.45) is 4.56. The molecule has 1 atom stereocenters. The zero-order valence-corrected chi connectivity index (χ0v) is 15.2. The molecule has 0 bridgehead atoms. The lowest BCUT2D eigenvalue weighted by molar-refractivity contribution is 0.101. The van der Waals surface area contributed by atoms with E-state index in [0.717, 1.165) is 36.1 Å². The molecule has 0 radical (unpaired) electrons. The van der Waals surface area contributed by atoms with E-state index in [1.54, 1.807) is 10.7 Å². The Morgan fingerprint density at radius 3 is 2.96 bits per heavy atom. The van der Waals surface area contributed by atoms with E-state index in [-0.39, 0.29) is 5.91 Å². The Labute approximate surface area is 156 Å². The third kappa shape index (κ3) is 3.51. The first kappa shape index (κ1) is 16.8. The van der Waals surface area contributed by atoms with Crippen molar-refractivity contribution in [3.05, 3.63) is 64.1 Å². The highest BCUT2D eigenvalue weighted by atomic mass is 35.5. The second kappa shape index (κ2) is 6.96. The fraction of sp³-hybridized carbons (Fsp3) is 0.316. The minimum atomic E-state index is -0.277. The number of anilines is 1. The van der Waals surface area contributed by atoms with Crippen molar-refractivity contribution in [3.63, 3.8) is 0 Å². The molecule has 0 fully saturated rings. The molecule has 1 unspecified atom stereocenters. The molecular weight excluding hydrogens is 352 g/mol. The molecule has 3 aromatic rings. The van der Waals surface area contributed by atoms with Crippen LogP contribution in [-0.2, 0) is 19.4 Å². The number of carbonyl (C=O) groups excluding carboxylic acids is 1. The van der Waals surface area contributed by atoms with E-state index in [0.29, 0.717) is 29.0 Å². The second-order valence-electron chi connectivity index (χ2n) is 6.76. The molecule has 1 aliphatic carbocycles. The molecule has 4 rings (SSSR count). The first-order chi connectivity index (χ1) is 12.6. The number of nitrogens with zero attached hydrogens (tertiary/aromatic N) is 3. The zero-order valence-electron chi connectivity index (χ0n) is 14.4. The van der Waals surface area contributed by atoms with Gasteiger partial charge in [0.1, 0.15) is 5.76 Å². The van der Waals surface area contributed by atoms with Crippen molar-refractivity contribution in [1.82, 2.24) is 14.9 Å². The van der Waals surface area contributed by atoms with Crippen molar-refractivity contribution in [2.24, 2.45) is 5.92 Å². The number of aromatic nitrogens is 3. The van der Waals surface area contributed by atoms with Gasteiger partial charge >= 0.3 is 0 Å². The smallest absolute Gasteiger partial charge is 0.279 e. The van der Waals surface area contributed by atoms with Gasteiger partial charge in [0.15, 0.2) is 11.5 Å². The van der Waals surface area contributed by atoms with Crippen LogP contribution < -0.4 is 5.32 Å². The van der Waals surface area contributed by atoms with Gasteiger partial charge < -0.3 is 9.84 Å². The highest BCUT2D eigenvalue weighted by Gasteiger charge is 2.27. The van der Waals surface area contributed by atoms with Crippen LogP contribution in [0.2, 0.25) is 5.02 Å². The largest absolute Gasteiger partial charge is 0.360 e. The Kier molecular flexibility index (Phi) is 4.51. The van der Waals surface area contributed by atoms with Crippen molar-refractivity contribution in [1.29, 1.82) is 0 Å². The molecule has 0 saturated carbocycles. The van der Waals surface area contributed by atoms with Crippen LogP contribution in [0, 0.1) is 5.92 Å². The number of amides is 1. The highest BCUT2D eigenvalue weighted by molar-refractivity contribution is 6.30. The highest BCUT2D eigenvalue weighted by Crippen LogP contribution is 2.28. The van der Waals surface area contributed by atoms with Crippen LogP contribution in [-0.4, -0.2) is 20.8 Å². The molecule has 1 aliphatic rings. The minimum Gasteiger partial charge on any atom is -0.360 e. The van der Waals surface area contributed by atoms with E-state index < -0.39 is 0 Å². The average Bonchev–Trinajstić information content (AvgIpc) is 3.23. The van der Waals surface area contributed by atoms with E-state index in [1.165, 1.54) is 0 Å². The van der Waals surface area contributed by atoms with Crippen LogP contribution in [0.1, 0.15) is 40.7 Å². The number of halogens is 1. The zero-order chi connectivity index (χ0) is 18.1. The molecule has 2 aromatic heterocycles. The summed E-state index contributed by atoms with van der Waals surface area (Å²) in [5.41, 5.74) is 2.38. The van der Waals surface area contributed by atoms with Gasteiger partial charge in [-0.25, -0.2) is 0 Å². The summed E-state index contributed by atoms with van der Waals surface area (Å²) in [6, 6.07) is 9.36. The number of rotatable bonds is 4. The van der Waals surface area contributed by atoms with Crippen molar-refractivity contribution in [2.75, 3.05) is 5.32 Å². The maximum atomic E-state index is 12.6. The third-order valence-electron chi connectivity index (χ3n) is 4.64. The summed E-state index contributed by atoms with van der Waals surface area (Å²) in [7, 11) is 0. The number of benzene rings is 1. The minimum absolute atomic E-state index is 0.277. The first-order valence-electron chi connectivity index (χ1n) is 8.65. The third-order valence-corrected chi connectivity index (χ3v) is 4.89. The summed E-state index contributed by atoms with van der Waals surface area (Å²) in [5.74, 6) is 1.58. The lowest BCUT2D eigenvalue weighted by Crippen LogP contribution is -2.18. The molecule has 2 heterocycles. The van der Waals surface area contributed by atoms with Crippen molar-refractivity contribution >= 4 is 23.3 Å². The van der Waals surface area contributed by atoms with Gasteiger partial charge in [-0.1, -0.05) is 35.8 Å². The number of hydrogen-bond acceptors (Lipinski definition) is 4. The van der Waals surface area contributed by atoms with Crippen LogP contribution in [0.4, 0.5) is 5.82 Å². The van der Waals surface area contributed by atoms with Crippen LogP contribution in [0.15, 0.2) is 41.1 Å². The average molecular weight is 371 g/mol. The van der Waals surface area contributed by atoms with Gasteiger partial charge in [-0.2, -0.15) is 5.10 Å². The molecule has 6 nitrogen and oxygen atoms in total. The van der Waals surface area contributed by atoms with Crippen molar-refractivity contribution < 1.29 is 9.32 Å². The molecule has 7 heteroatoms. The van der Waals surface area contributed by atoms with E-state index in [9.17, 15) is 4.79 Å². The maximum absolute atomic E-state index is 12.6. The maximum Gasteiger partial charge on any atom is 0.279 e. The Balaban J connectivity index is 1.45. The number of aryl methyl sites for hydroxylation is 1. The first-order valence-corrected chi connectivity index (χ1v) is 9.03. The van der Waals surface area contributed by atoms with Crippen LogP contribution in [0.3, 0.4) is 0 Å². The SMILES string of the molecule is CC1CCc2onc(C(=O)Nc3ccn(Cc4ccc(Cl)cc4)n3)c2C1. The number of fused-ring (bicyclic) bond motifs is 1. The molecule has 1 N–H and O–H groups in total. The normalized spacial score (nSPS) is 16.3. The summed E-state index contributed by atoms with van der Waals surface area (Å²) in [4.78, 5) is 12.6. The summed E-state index contributed by atoms with van der Waals surface area (Å²) < 4.78 is 7.10. The monoisotopic (exact) mass is 370 g/mol. The molecule has 1 aromatic carbocycles. The molecular formula is C19H19ClN4O2. The molecule has 1 amide bonds. The second-order valence-corrected chi connectivity index (χ2v) is 7.20. The quantitative estimate of drug-likeness (QED) is 0.754. The van der Waals surface area contributed by atoms with Gasteiger partial charge in [-0.15, -0.1) is 0 Å². The van der Waals surface area contributed by atoms with Gasteiger partial charge in [0, 0.05) is 29.3 Å². The number of nitrogens with one attached hydrogen (secondary N) is 1. The van der Waals surface area contributed by atoms with Gasteiger partial charge in [0.25, 0.3) is 5.91 Å². The molecule has 0 aliphatic heterocycles. The van der Waals surface area contributed by atoms with Gasteiger partial charge in [0.05, 0.1) is 6.54 Å². The van der Waals surface area contributed by atoms with Crippen LogP contribution in [0.5, 0.6) is 0 Å². The Morgan fingerprint density at radius 1 is 1.35 bits per heavy atom. The number of hydrogen-bond donors (Lipinski definition) is 1. The molecule has 0 spiro atoms. The fourth-order valence-corrected chi connectivity index (χ4v) is 3.35. The van der Waals surface area contributed by atoms with Crippen molar-refractivity contribution in [2.45, 2.75) is 32.7 Å². The molecule has 134 valence electrons. The van der Waals surface area contributed by atoms with Gasteiger partial charge in [-0.3, -0.25) is 9.48 Å². The Hall–Kier alpha value is -2.60. The predicted octanol–water partition coefficient (Wildman–Crippen LogP) is 3.95. The van der Waals surface area contributed by atoms with E-state index in [1.807, 2.05) is 30.5 Å². The van der Waals surface area contributed by atoms with Crippen molar-refractivity contribution in [3.8, 4) is 0 Å². The molecule has 26 heavy (non-hydrogen) atoms. The van der Waals surface area contributed by atoms with Crippen LogP contribution >= 0.6 is 11.6 Å². The van der Waals surface area contributed by atoms with E-state index in [4.69, 9.17) is 16.1 Å². The van der Waals surface area contributed by atoms with Gasteiger partial charge in [-0.05, 0) is 36.5 Å². The predicted molar refractivity (Wildman–Crippen MR) is 98.4 cm³/mol.